The third kappa shape index (κ3) is 6.57. The van der Waals surface area contributed by atoms with E-state index in [1.807, 2.05) is 4.72 Å². The lowest BCUT2D eigenvalue weighted by Gasteiger charge is -2.14. The number of nitrogens with one attached hydrogen (secondary N) is 1. The average molecular weight is 563 g/mol. The summed E-state index contributed by atoms with van der Waals surface area (Å²) < 4.78 is 82.3. The maximum Gasteiger partial charge on any atom is 0.391 e. The predicted molar refractivity (Wildman–Crippen MR) is 122 cm³/mol. The Morgan fingerprint density at radius 3 is 2.40 bits per heavy atom. The molecule has 186 valence electrons. The summed E-state index contributed by atoms with van der Waals surface area (Å²) in [6.45, 7) is 0. The quantitative estimate of drug-likeness (QED) is 0.223. The van der Waals surface area contributed by atoms with Gasteiger partial charge in [0.05, 0.1) is 16.2 Å². The molecule has 3 aromatic rings. The summed E-state index contributed by atoms with van der Waals surface area (Å²) in [6.07, 6.45) is -1.07. The number of phenolic OH excluding ortho intramolecular Hbond substituents is 2. The molecule has 0 radical (unpaired) electrons. The zero-order chi connectivity index (χ0) is 26.0. The van der Waals surface area contributed by atoms with Crippen molar-refractivity contribution < 1.29 is 45.4 Å². The smallest absolute Gasteiger partial charge is 0.391 e. The minimum absolute atomic E-state index is 0.120. The largest absolute Gasteiger partial charge is 0.504 e. The summed E-state index contributed by atoms with van der Waals surface area (Å²) in [5.41, 5.74) is -0.316. The van der Waals surface area contributed by atoms with Crippen LogP contribution in [0.1, 0.15) is 10.4 Å². The van der Waals surface area contributed by atoms with Crippen LogP contribution in [0.4, 0.5) is 4.39 Å². The maximum atomic E-state index is 13.6. The van der Waals surface area contributed by atoms with Crippen molar-refractivity contribution in [2.75, 3.05) is 6.29 Å². The second kappa shape index (κ2) is 9.94. The molecule has 0 saturated carbocycles. The molecule has 1 heterocycles. The average Bonchev–Trinajstić information content (AvgIpc) is 3.23. The van der Waals surface area contributed by atoms with Gasteiger partial charge in [-0.05, 0) is 36.4 Å². The number of hydrogen-bond acceptors (Lipinski definition) is 10. The van der Waals surface area contributed by atoms with Crippen LogP contribution < -0.4 is 9.25 Å². The summed E-state index contributed by atoms with van der Waals surface area (Å²) in [6, 6.07) is 9.64. The Hall–Kier alpha value is -2.99. The normalized spacial score (nSPS) is 13.6. The molecule has 16 heteroatoms. The van der Waals surface area contributed by atoms with E-state index in [2.05, 4.69) is 0 Å². The molecule has 1 unspecified atom stereocenters. The summed E-state index contributed by atoms with van der Waals surface area (Å²) in [5.74, 6) is -3.13. The third-order valence-corrected chi connectivity index (χ3v) is 10.4. The molecular formula is C19H16FN2O9PS3. The van der Waals surface area contributed by atoms with E-state index >= 15 is 0 Å². The number of aromatic hydroxyl groups is 2. The first-order chi connectivity index (χ1) is 16.2. The molecule has 2 aromatic carbocycles. The SMILES string of the molecule is N#Cc1ccc(OP(=O)(O)CNS(=O)(=O)c2ccc(CS(=O)(=O)c3ccc(O)c(O)c3)s2)cc1F. The Morgan fingerprint density at radius 2 is 1.77 bits per heavy atom. The first-order valence-corrected chi connectivity index (χ1v) is 15.0. The minimum Gasteiger partial charge on any atom is -0.504 e. The number of phenols is 2. The summed E-state index contributed by atoms with van der Waals surface area (Å²) in [7, 11) is -13.0. The van der Waals surface area contributed by atoms with Crippen LogP contribution in [0, 0.1) is 17.1 Å². The van der Waals surface area contributed by atoms with Crippen molar-refractivity contribution in [3.8, 4) is 23.3 Å². The van der Waals surface area contributed by atoms with E-state index in [-0.39, 0.29) is 19.5 Å². The number of rotatable bonds is 9. The fourth-order valence-electron chi connectivity index (χ4n) is 2.63. The fraction of sp³-hybridized carbons (Fsp3) is 0.105. The number of halogens is 1. The van der Waals surface area contributed by atoms with Gasteiger partial charge in [0.25, 0.3) is 10.0 Å². The minimum atomic E-state index is -4.63. The Balaban J connectivity index is 1.69. The highest BCUT2D eigenvalue weighted by atomic mass is 32.2. The van der Waals surface area contributed by atoms with E-state index in [4.69, 9.17) is 9.79 Å². The molecule has 0 aliphatic carbocycles. The van der Waals surface area contributed by atoms with E-state index in [0.717, 1.165) is 36.4 Å². The molecule has 0 bridgehead atoms. The summed E-state index contributed by atoms with van der Waals surface area (Å²) >= 11 is 0.595. The molecular weight excluding hydrogens is 546 g/mol. The molecule has 35 heavy (non-hydrogen) atoms. The van der Waals surface area contributed by atoms with Gasteiger partial charge >= 0.3 is 7.60 Å². The highest BCUT2D eigenvalue weighted by Crippen LogP contribution is 2.42. The van der Waals surface area contributed by atoms with E-state index in [9.17, 15) is 40.9 Å². The van der Waals surface area contributed by atoms with Crippen LogP contribution >= 0.6 is 18.9 Å². The summed E-state index contributed by atoms with van der Waals surface area (Å²) in [4.78, 5) is 9.76. The van der Waals surface area contributed by atoms with Gasteiger partial charge in [-0.3, -0.25) is 0 Å². The van der Waals surface area contributed by atoms with Crippen LogP contribution in [-0.4, -0.2) is 38.2 Å². The Labute approximate surface area is 203 Å². The van der Waals surface area contributed by atoms with Crippen molar-refractivity contribution in [3.05, 3.63) is 64.8 Å². The first-order valence-electron chi connectivity index (χ1n) is 9.27. The lowest BCUT2D eigenvalue weighted by Crippen LogP contribution is -2.25. The third-order valence-electron chi connectivity index (χ3n) is 4.30. The number of sulfone groups is 1. The van der Waals surface area contributed by atoms with Crippen LogP contribution in [0.25, 0.3) is 0 Å². The fourth-order valence-corrected chi connectivity index (χ4v) is 8.23. The number of benzene rings is 2. The maximum absolute atomic E-state index is 13.6. The van der Waals surface area contributed by atoms with Crippen molar-refractivity contribution >= 4 is 38.8 Å². The molecule has 3 rings (SSSR count). The van der Waals surface area contributed by atoms with E-state index in [1.54, 1.807) is 6.07 Å². The molecule has 0 aliphatic rings. The van der Waals surface area contributed by atoms with E-state index in [1.165, 1.54) is 6.07 Å². The monoisotopic (exact) mass is 562 g/mol. The van der Waals surface area contributed by atoms with Gasteiger partial charge in [0.15, 0.2) is 21.3 Å². The van der Waals surface area contributed by atoms with Gasteiger partial charge in [-0.2, -0.15) is 9.98 Å². The highest BCUT2D eigenvalue weighted by molar-refractivity contribution is 7.92. The van der Waals surface area contributed by atoms with Crippen molar-refractivity contribution in [3.63, 3.8) is 0 Å². The van der Waals surface area contributed by atoms with E-state index < -0.39 is 62.6 Å². The van der Waals surface area contributed by atoms with Gasteiger partial charge in [0.2, 0.25) is 0 Å². The van der Waals surface area contributed by atoms with Gasteiger partial charge < -0.3 is 19.6 Å². The molecule has 4 N–H and O–H groups in total. The number of sulfonamides is 1. The first kappa shape index (κ1) is 26.6. The molecule has 1 atom stereocenters. The lowest BCUT2D eigenvalue weighted by molar-refractivity contribution is 0.377. The standard InChI is InChI=1S/C19H16FN2O9PS3/c20-16-7-13(2-1-12(16)9-21)31-32(25,26)11-22-35(29,30)19-6-3-14(33-19)10-34(27,28)15-4-5-17(23)18(24)8-15/h1-8,22-24H,10-11H2,(H,25,26). The lowest BCUT2D eigenvalue weighted by atomic mass is 10.2. The molecule has 0 spiro atoms. The number of nitriles is 1. The van der Waals surface area contributed by atoms with Crippen molar-refractivity contribution in [1.29, 1.82) is 5.26 Å². The zero-order valence-electron chi connectivity index (χ0n) is 17.3. The molecule has 1 aromatic heterocycles. The predicted octanol–water partition coefficient (Wildman–Crippen LogP) is 2.64. The second-order valence-corrected chi connectivity index (χ2v) is 13.8. The van der Waals surface area contributed by atoms with Crippen LogP contribution in [0.5, 0.6) is 17.2 Å². The van der Waals surface area contributed by atoms with Crippen molar-refractivity contribution in [2.45, 2.75) is 14.9 Å². The number of hydrogen-bond donors (Lipinski definition) is 4. The Morgan fingerprint density at radius 1 is 1.06 bits per heavy atom. The van der Waals surface area contributed by atoms with E-state index in [0.29, 0.717) is 17.4 Å². The highest BCUT2D eigenvalue weighted by Gasteiger charge is 2.27. The van der Waals surface area contributed by atoms with Gasteiger partial charge in [-0.1, -0.05) is 0 Å². The van der Waals surface area contributed by atoms with Gasteiger partial charge in [0.1, 0.15) is 28.1 Å². The van der Waals surface area contributed by atoms with Crippen LogP contribution in [-0.2, 0) is 30.2 Å². The van der Waals surface area contributed by atoms with Crippen LogP contribution in [0.3, 0.4) is 0 Å². The van der Waals surface area contributed by atoms with Gasteiger partial charge in [-0.15, -0.1) is 11.3 Å². The molecule has 0 fully saturated rings. The second-order valence-electron chi connectivity index (χ2n) is 6.92. The van der Waals surface area contributed by atoms with Gasteiger partial charge in [0, 0.05) is 17.0 Å². The Bertz CT molecular complexity index is 1580. The topological polar surface area (TPSA) is 191 Å². The Kier molecular flexibility index (Phi) is 7.56. The molecule has 0 saturated heterocycles. The molecule has 0 aliphatic heterocycles. The van der Waals surface area contributed by atoms with Gasteiger partial charge in [-0.25, -0.2) is 25.8 Å². The van der Waals surface area contributed by atoms with Crippen LogP contribution in [0.15, 0.2) is 57.6 Å². The summed E-state index contributed by atoms with van der Waals surface area (Å²) in [5, 5.41) is 27.5. The zero-order valence-corrected chi connectivity index (χ0v) is 20.7. The molecule has 0 amide bonds. The number of thiophene rings is 1. The molecule has 11 nitrogen and oxygen atoms in total. The number of nitrogens with zero attached hydrogens (tertiary/aromatic N) is 1. The van der Waals surface area contributed by atoms with Crippen LogP contribution in [0.2, 0.25) is 0 Å². The van der Waals surface area contributed by atoms with Crippen molar-refractivity contribution in [1.82, 2.24) is 4.72 Å². The van der Waals surface area contributed by atoms with Crippen molar-refractivity contribution in [2.24, 2.45) is 0 Å².